The van der Waals surface area contributed by atoms with Gasteiger partial charge in [0.25, 0.3) is 0 Å². The Balaban J connectivity index is 1.85. The first-order valence-corrected chi connectivity index (χ1v) is 8.97. The zero-order valence-corrected chi connectivity index (χ0v) is 14.5. The lowest BCUT2D eigenvalue weighted by atomic mass is 10.0. The molecule has 0 atom stereocenters. The Morgan fingerprint density at radius 3 is 2.00 bits per heavy atom. The predicted molar refractivity (Wildman–Crippen MR) is 98.3 cm³/mol. The molecule has 0 fully saturated rings. The number of carbonyl (C=O) groups is 1. The Labute approximate surface area is 145 Å². The summed E-state index contributed by atoms with van der Waals surface area (Å²) in [5.41, 5.74) is 1.78. The molecule has 4 nitrogen and oxygen atoms in total. The highest BCUT2D eigenvalue weighted by atomic mass is 16.5. The number of carbonyl (C=O) groups excluding carboxylic acids is 1. The summed E-state index contributed by atoms with van der Waals surface area (Å²) in [4.78, 5) is 21.2. The fourth-order valence-corrected chi connectivity index (χ4v) is 2.62. The molecule has 0 spiro atoms. The van der Waals surface area contributed by atoms with Crippen LogP contribution < -0.4 is 0 Å². The van der Waals surface area contributed by atoms with Crippen LogP contribution in [0.5, 0.6) is 0 Å². The summed E-state index contributed by atoms with van der Waals surface area (Å²) in [7, 11) is 0. The van der Waals surface area contributed by atoms with Crippen LogP contribution in [0.1, 0.15) is 63.4 Å². The van der Waals surface area contributed by atoms with E-state index in [1.807, 2.05) is 12.1 Å². The van der Waals surface area contributed by atoms with E-state index in [4.69, 9.17) is 4.74 Å². The highest BCUT2D eigenvalue weighted by Crippen LogP contribution is 2.15. The van der Waals surface area contributed by atoms with Crippen LogP contribution in [0.2, 0.25) is 0 Å². The van der Waals surface area contributed by atoms with Crippen molar-refractivity contribution in [3.05, 3.63) is 47.4 Å². The minimum Gasteiger partial charge on any atom is -0.463 e. The van der Waals surface area contributed by atoms with Crippen molar-refractivity contribution >= 4 is 11.7 Å². The largest absolute Gasteiger partial charge is 0.463 e. The van der Waals surface area contributed by atoms with Crippen LogP contribution in [0, 0.1) is 4.91 Å². The third-order valence-corrected chi connectivity index (χ3v) is 4.06. The summed E-state index contributed by atoms with van der Waals surface area (Å²) >= 11 is 0. The van der Waals surface area contributed by atoms with Gasteiger partial charge in [0, 0.05) is 6.08 Å². The standard InChI is InChI=1S/C20H29NO3/c1-2-20(22)24-17-11-9-7-5-3-4-6-8-10-12-18-13-15-19(21-23)16-14-18/h2,13-16H,1,3-12,17H2. The first-order chi connectivity index (χ1) is 11.8. The van der Waals surface area contributed by atoms with E-state index in [0.717, 1.165) is 19.3 Å². The maximum Gasteiger partial charge on any atom is 0.330 e. The number of nitrogens with zero attached hydrogens (tertiary/aromatic N) is 1. The molecule has 0 heterocycles. The molecule has 0 unspecified atom stereocenters. The van der Waals surface area contributed by atoms with Crippen molar-refractivity contribution in [2.75, 3.05) is 6.61 Å². The quantitative estimate of drug-likeness (QED) is 0.185. The summed E-state index contributed by atoms with van der Waals surface area (Å²) in [5, 5.41) is 2.91. The van der Waals surface area contributed by atoms with E-state index >= 15 is 0 Å². The zero-order chi connectivity index (χ0) is 17.5. The highest BCUT2D eigenvalue weighted by molar-refractivity contribution is 5.81. The van der Waals surface area contributed by atoms with Crippen LogP contribution in [0.4, 0.5) is 5.69 Å². The smallest absolute Gasteiger partial charge is 0.330 e. The van der Waals surface area contributed by atoms with Gasteiger partial charge in [-0.25, -0.2) is 4.79 Å². The average Bonchev–Trinajstić information content (AvgIpc) is 2.62. The van der Waals surface area contributed by atoms with Crippen LogP contribution >= 0.6 is 0 Å². The number of unbranched alkanes of at least 4 members (excludes halogenated alkanes) is 8. The van der Waals surface area contributed by atoms with E-state index in [2.05, 4.69) is 11.8 Å². The third kappa shape index (κ3) is 9.93. The first-order valence-electron chi connectivity index (χ1n) is 8.97. The number of benzene rings is 1. The van der Waals surface area contributed by atoms with Crippen LogP contribution in [0.25, 0.3) is 0 Å². The van der Waals surface area contributed by atoms with E-state index in [1.54, 1.807) is 12.1 Å². The van der Waals surface area contributed by atoms with Gasteiger partial charge in [-0.1, -0.05) is 63.7 Å². The Morgan fingerprint density at radius 1 is 0.917 bits per heavy atom. The van der Waals surface area contributed by atoms with E-state index < -0.39 is 0 Å². The Hall–Kier alpha value is -1.97. The number of rotatable bonds is 14. The molecule has 1 aromatic carbocycles. The number of aryl methyl sites for hydroxylation is 1. The van der Waals surface area contributed by atoms with Crippen molar-refractivity contribution in [1.29, 1.82) is 0 Å². The van der Waals surface area contributed by atoms with Gasteiger partial charge in [-0.2, -0.15) is 0 Å². The molecular weight excluding hydrogens is 302 g/mol. The summed E-state index contributed by atoms with van der Waals surface area (Å²) in [6.45, 7) is 3.87. The maximum absolute atomic E-state index is 10.8. The van der Waals surface area contributed by atoms with Crippen LogP contribution in [0.15, 0.2) is 42.1 Å². The van der Waals surface area contributed by atoms with Gasteiger partial charge in [-0.15, -0.1) is 4.91 Å². The van der Waals surface area contributed by atoms with E-state index in [9.17, 15) is 9.70 Å². The molecule has 0 saturated heterocycles. The molecule has 0 amide bonds. The Kier molecular flexibility index (Phi) is 11.3. The van der Waals surface area contributed by atoms with Crippen molar-refractivity contribution in [1.82, 2.24) is 0 Å². The Bertz CT molecular complexity index is 482. The number of nitroso groups, excluding NO2 is 1. The lowest BCUT2D eigenvalue weighted by molar-refractivity contribution is -0.137. The maximum atomic E-state index is 10.8. The van der Waals surface area contributed by atoms with Gasteiger partial charge in [0.15, 0.2) is 0 Å². The fraction of sp³-hybridized carbons (Fsp3) is 0.550. The first kappa shape index (κ1) is 20.1. The fourth-order valence-electron chi connectivity index (χ4n) is 2.62. The third-order valence-electron chi connectivity index (χ3n) is 4.06. The SMILES string of the molecule is C=CC(=O)OCCCCCCCCCCCc1ccc(N=O)cc1. The summed E-state index contributed by atoms with van der Waals surface area (Å²) in [5.74, 6) is -0.327. The summed E-state index contributed by atoms with van der Waals surface area (Å²) < 4.78 is 4.93. The molecule has 132 valence electrons. The number of hydrogen-bond acceptors (Lipinski definition) is 4. The molecule has 0 bridgehead atoms. The van der Waals surface area contributed by atoms with Crippen molar-refractivity contribution in [3.63, 3.8) is 0 Å². The second kappa shape index (κ2) is 13.5. The van der Waals surface area contributed by atoms with Gasteiger partial charge in [-0.3, -0.25) is 0 Å². The lowest BCUT2D eigenvalue weighted by Crippen LogP contribution is -2.01. The Morgan fingerprint density at radius 2 is 1.46 bits per heavy atom. The van der Waals surface area contributed by atoms with E-state index in [-0.39, 0.29) is 5.97 Å². The number of ether oxygens (including phenoxy) is 1. The normalized spacial score (nSPS) is 10.3. The van der Waals surface area contributed by atoms with Crippen LogP contribution in [-0.2, 0) is 16.0 Å². The van der Waals surface area contributed by atoms with Crippen molar-refractivity contribution in [2.24, 2.45) is 5.18 Å². The van der Waals surface area contributed by atoms with Crippen LogP contribution in [0.3, 0.4) is 0 Å². The van der Waals surface area contributed by atoms with Gasteiger partial charge in [0.05, 0.1) is 6.61 Å². The molecule has 0 N–H and O–H groups in total. The van der Waals surface area contributed by atoms with Gasteiger partial charge in [0.1, 0.15) is 5.69 Å². The molecule has 1 aromatic rings. The van der Waals surface area contributed by atoms with Crippen molar-refractivity contribution < 1.29 is 9.53 Å². The molecule has 0 radical (unpaired) electrons. The average molecular weight is 331 g/mol. The molecule has 0 aromatic heterocycles. The van der Waals surface area contributed by atoms with Gasteiger partial charge >= 0.3 is 5.97 Å². The van der Waals surface area contributed by atoms with Crippen molar-refractivity contribution in [2.45, 2.75) is 64.2 Å². The molecule has 24 heavy (non-hydrogen) atoms. The molecule has 0 aliphatic heterocycles. The zero-order valence-electron chi connectivity index (χ0n) is 14.5. The van der Waals surface area contributed by atoms with Crippen LogP contribution in [-0.4, -0.2) is 12.6 Å². The second-order valence-electron chi connectivity index (χ2n) is 6.06. The van der Waals surface area contributed by atoms with E-state index in [0.29, 0.717) is 12.3 Å². The van der Waals surface area contributed by atoms with E-state index in [1.165, 1.54) is 56.6 Å². The summed E-state index contributed by atoms with van der Waals surface area (Å²) in [6, 6.07) is 7.54. The lowest BCUT2D eigenvalue weighted by Gasteiger charge is -2.04. The monoisotopic (exact) mass is 331 g/mol. The van der Waals surface area contributed by atoms with Gasteiger partial charge in [-0.05, 0) is 42.1 Å². The molecule has 0 saturated carbocycles. The minimum absolute atomic E-state index is 0.327. The van der Waals surface area contributed by atoms with Gasteiger partial charge in [0.2, 0.25) is 0 Å². The summed E-state index contributed by atoms with van der Waals surface area (Å²) in [6.07, 6.45) is 13.1. The molecule has 1 rings (SSSR count). The van der Waals surface area contributed by atoms with Crippen molar-refractivity contribution in [3.8, 4) is 0 Å². The highest BCUT2D eigenvalue weighted by Gasteiger charge is 1.97. The predicted octanol–water partition coefficient (Wildman–Crippen LogP) is 5.87. The number of esters is 1. The topological polar surface area (TPSA) is 55.7 Å². The second-order valence-corrected chi connectivity index (χ2v) is 6.06. The molecule has 0 aliphatic carbocycles. The van der Waals surface area contributed by atoms with Gasteiger partial charge < -0.3 is 4.74 Å². The number of hydrogen-bond donors (Lipinski definition) is 0. The minimum atomic E-state index is -0.327. The molecule has 0 aliphatic rings. The molecule has 4 heteroatoms. The molecular formula is C20H29NO3.